The second kappa shape index (κ2) is 8.04. The molecule has 0 aliphatic carbocycles. The van der Waals surface area contributed by atoms with E-state index in [0.717, 1.165) is 74.1 Å². The van der Waals surface area contributed by atoms with Gasteiger partial charge in [-0.1, -0.05) is 6.07 Å². The first-order valence-electron chi connectivity index (χ1n) is 9.83. The molecule has 0 saturated carbocycles. The Balaban J connectivity index is 1.58. The molecule has 0 radical (unpaired) electrons. The second-order valence-corrected chi connectivity index (χ2v) is 9.21. The number of piperidine rings is 1. The number of β-amino-alcohol motifs (C(OH)–C–C–N with tert-alkyl or cyclic N) is 1. The Bertz CT molecular complexity index is 937. The summed E-state index contributed by atoms with van der Waals surface area (Å²) >= 11 is 3.44. The van der Waals surface area contributed by atoms with Crippen LogP contribution in [-0.4, -0.2) is 65.5 Å². The van der Waals surface area contributed by atoms with Gasteiger partial charge in [-0.25, -0.2) is 9.97 Å². The largest absolute Gasteiger partial charge is 0.391 e. The maximum absolute atomic E-state index is 10.2. The Hall–Kier alpha value is -1.58. The molecule has 28 heavy (non-hydrogen) atoms. The Morgan fingerprint density at radius 2 is 2.07 bits per heavy atom. The van der Waals surface area contributed by atoms with E-state index < -0.39 is 0 Å². The predicted molar refractivity (Wildman–Crippen MR) is 114 cm³/mol. The highest BCUT2D eigenvalue weighted by Crippen LogP contribution is 2.40. The first-order valence-corrected chi connectivity index (χ1v) is 11.6. The summed E-state index contributed by atoms with van der Waals surface area (Å²) < 4.78 is 5.47. The molecule has 0 aromatic carbocycles. The predicted octanol–water partition coefficient (Wildman–Crippen LogP) is 3.21. The third-order valence-electron chi connectivity index (χ3n) is 5.41. The number of thiophene rings is 2. The summed E-state index contributed by atoms with van der Waals surface area (Å²) in [6.07, 6.45) is 1.57. The number of morpholine rings is 1. The van der Waals surface area contributed by atoms with Crippen LogP contribution < -0.4 is 4.90 Å². The van der Waals surface area contributed by atoms with Crippen LogP contribution in [0, 0.1) is 0 Å². The van der Waals surface area contributed by atoms with Crippen LogP contribution in [0.3, 0.4) is 0 Å². The summed E-state index contributed by atoms with van der Waals surface area (Å²) in [6, 6.07) is 4.24. The number of aliphatic hydroxyl groups excluding tert-OH is 1. The molecule has 2 aliphatic heterocycles. The Morgan fingerprint density at radius 1 is 1.18 bits per heavy atom. The van der Waals surface area contributed by atoms with Gasteiger partial charge in [-0.3, -0.25) is 4.90 Å². The molecule has 0 unspecified atom stereocenters. The van der Waals surface area contributed by atoms with E-state index in [9.17, 15) is 5.11 Å². The molecular weight excluding hydrogens is 392 g/mol. The first-order chi connectivity index (χ1) is 13.8. The van der Waals surface area contributed by atoms with Crippen molar-refractivity contribution in [3.8, 4) is 10.4 Å². The summed E-state index contributed by atoms with van der Waals surface area (Å²) in [6.45, 7) is 5.70. The Labute approximate surface area is 172 Å². The fourth-order valence-corrected chi connectivity index (χ4v) is 5.76. The van der Waals surface area contributed by atoms with Gasteiger partial charge in [0.05, 0.1) is 31.2 Å². The normalized spacial score (nSPS) is 21.5. The number of nitrogens with zero attached hydrogens (tertiary/aromatic N) is 4. The van der Waals surface area contributed by atoms with Gasteiger partial charge in [-0.05, 0) is 24.3 Å². The Kier molecular flexibility index (Phi) is 5.30. The third-order valence-corrected chi connectivity index (χ3v) is 7.19. The highest BCUT2D eigenvalue weighted by molar-refractivity contribution is 7.18. The van der Waals surface area contributed by atoms with Crippen LogP contribution in [0.15, 0.2) is 22.9 Å². The van der Waals surface area contributed by atoms with Gasteiger partial charge in [0.15, 0.2) is 0 Å². The van der Waals surface area contributed by atoms with Crippen LogP contribution in [0.2, 0.25) is 0 Å². The van der Waals surface area contributed by atoms with Crippen LogP contribution in [0.1, 0.15) is 18.7 Å². The minimum Gasteiger partial charge on any atom is -0.391 e. The second-order valence-electron chi connectivity index (χ2n) is 7.40. The summed E-state index contributed by atoms with van der Waals surface area (Å²) in [5.74, 6) is 1.85. The van der Waals surface area contributed by atoms with E-state index in [-0.39, 0.29) is 6.10 Å². The zero-order valence-electron chi connectivity index (χ0n) is 15.7. The molecule has 5 rings (SSSR count). The maximum atomic E-state index is 10.2. The number of fused-ring (bicyclic) bond motifs is 1. The molecule has 5 heterocycles. The third kappa shape index (κ3) is 3.67. The van der Waals surface area contributed by atoms with Gasteiger partial charge in [0, 0.05) is 42.0 Å². The van der Waals surface area contributed by atoms with Crippen molar-refractivity contribution in [3.05, 3.63) is 28.7 Å². The van der Waals surface area contributed by atoms with E-state index in [2.05, 4.69) is 32.7 Å². The van der Waals surface area contributed by atoms with Gasteiger partial charge in [0.25, 0.3) is 0 Å². The molecule has 2 saturated heterocycles. The van der Waals surface area contributed by atoms with Gasteiger partial charge in [-0.15, -0.1) is 22.7 Å². The molecule has 1 N–H and O–H groups in total. The van der Waals surface area contributed by atoms with Crippen molar-refractivity contribution >= 4 is 38.7 Å². The van der Waals surface area contributed by atoms with Gasteiger partial charge >= 0.3 is 0 Å². The number of aromatic nitrogens is 2. The molecule has 0 amide bonds. The number of hydrogen-bond acceptors (Lipinski definition) is 8. The van der Waals surface area contributed by atoms with Crippen molar-refractivity contribution in [3.63, 3.8) is 0 Å². The molecule has 148 valence electrons. The molecule has 0 bridgehead atoms. The average Bonchev–Trinajstić information content (AvgIpc) is 3.38. The molecule has 1 atom stereocenters. The average molecular weight is 417 g/mol. The van der Waals surface area contributed by atoms with Crippen LogP contribution in [0.5, 0.6) is 0 Å². The van der Waals surface area contributed by atoms with E-state index in [4.69, 9.17) is 14.7 Å². The van der Waals surface area contributed by atoms with E-state index in [0.29, 0.717) is 6.54 Å². The van der Waals surface area contributed by atoms with E-state index in [1.54, 1.807) is 22.7 Å². The number of ether oxygens (including phenoxy) is 1. The van der Waals surface area contributed by atoms with Gasteiger partial charge in [0.2, 0.25) is 0 Å². The Morgan fingerprint density at radius 3 is 2.86 bits per heavy atom. The summed E-state index contributed by atoms with van der Waals surface area (Å²) in [5.41, 5.74) is 1.21. The summed E-state index contributed by atoms with van der Waals surface area (Å²) in [4.78, 5) is 16.8. The molecular formula is C20H24N4O2S2. The lowest BCUT2D eigenvalue weighted by atomic mass is 10.1. The van der Waals surface area contributed by atoms with Gasteiger partial charge < -0.3 is 14.7 Å². The number of rotatable bonds is 4. The fourth-order valence-electron chi connectivity index (χ4n) is 3.99. The minimum atomic E-state index is -0.287. The molecule has 2 aliphatic rings. The van der Waals surface area contributed by atoms with Crippen LogP contribution in [0.4, 0.5) is 5.82 Å². The van der Waals surface area contributed by atoms with Crippen LogP contribution >= 0.6 is 22.7 Å². The lowest BCUT2D eigenvalue weighted by Crippen LogP contribution is -2.39. The standard InChI is InChI=1S/C20H24N4O2S2/c25-14-3-1-5-24(11-14)19-18-15(16-4-2-10-27-16)13-28-20(18)22-17(21-19)12-23-6-8-26-9-7-23/h2,4,10,13-14,25H,1,3,5-9,11-12H2/t14-/m1/s1. The van der Waals surface area contributed by atoms with Gasteiger partial charge in [0.1, 0.15) is 16.5 Å². The van der Waals surface area contributed by atoms with Crippen molar-refractivity contribution in [2.45, 2.75) is 25.5 Å². The lowest BCUT2D eigenvalue weighted by Gasteiger charge is -2.32. The lowest BCUT2D eigenvalue weighted by molar-refractivity contribution is 0.0331. The van der Waals surface area contributed by atoms with Crippen LogP contribution in [-0.2, 0) is 11.3 Å². The number of aliphatic hydroxyl groups is 1. The fraction of sp³-hybridized carbons (Fsp3) is 0.500. The zero-order valence-corrected chi connectivity index (χ0v) is 17.3. The highest BCUT2D eigenvalue weighted by Gasteiger charge is 2.25. The van der Waals surface area contributed by atoms with Crippen LogP contribution in [0.25, 0.3) is 20.7 Å². The monoisotopic (exact) mass is 416 g/mol. The van der Waals surface area contributed by atoms with Crippen molar-refractivity contribution in [2.24, 2.45) is 0 Å². The smallest absolute Gasteiger partial charge is 0.146 e. The van der Waals surface area contributed by atoms with Gasteiger partial charge in [-0.2, -0.15) is 0 Å². The highest BCUT2D eigenvalue weighted by atomic mass is 32.1. The molecule has 2 fully saturated rings. The minimum absolute atomic E-state index is 0.287. The van der Waals surface area contributed by atoms with E-state index >= 15 is 0 Å². The zero-order chi connectivity index (χ0) is 18.9. The molecule has 0 spiro atoms. The SMILES string of the molecule is O[C@@H]1CCCN(c2nc(CN3CCOCC3)nc3scc(-c4cccs4)c23)C1. The first kappa shape index (κ1) is 18.4. The molecule has 3 aromatic heterocycles. The van der Waals surface area contributed by atoms with Crippen molar-refractivity contribution in [1.29, 1.82) is 0 Å². The van der Waals surface area contributed by atoms with Crippen molar-refractivity contribution < 1.29 is 9.84 Å². The van der Waals surface area contributed by atoms with E-state index in [1.165, 1.54) is 10.4 Å². The molecule has 8 heteroatoms. The maximum Gasteiger partial charge on any atom is 0.146 e. The number of anilines is 1. The molecule has 6 nitrogen and oxygen atoms in total. The quantitative estimate of drug-likeness (QED) is 0.705. The number of hydrogen-bond donors (Lipinski definition) is 1. The molecule has 3 aromatic rings. The van der Waals surface area contributed by atoms with Crippen molar-refractivity contribution in [1.82, 2.24) is 14.9 Å². The summed E-state index contributed by atoms with van der Waals surface area (Å²) in [5, 5.41) is 15.7. The topological polar surface area (TPSA) is 61.7 Å². The van der Waals surface area contributed by atoms with Crippen molar-refractivity contribution in [2.75, 3.05) is 44.3 Å². The van der Waals surface area contributed by atoms with E-state index in [1.807, 2.05) is 0 Å². The summed E-state index contributed by atoms with van der Waals surface area (Å²) in [7, 11) is 0.